The first-order valence-corrected chi connectivity index (χ1v) is 6.70. The lowest BCUT2D eigenvalue weighted by atomic mass is 10.0. The molecule has 1 rings (SSSR count). The number of carbonyl (C=O) groups excluding carboxylic acids is 1. The Kier molecular flexibility index (Phi) is 6.05. The Labute approximate surface area is 109 Å². The van der Waals surface area contributed by atoms with Gasteiger partial charge in [-0.15, -0.1) is 0 Å². The summed E-state index contributed by atoms with van der Waals surface area (Å²) in [5.74, 6) is -0.213. The highest BCUT2D eigenvalue weighted by Crippen LogP contribution is 2.13. The van der Waals surface area contributed by atoms with Gasteiger partial charge in [-0.3, -0.25) is 9.69 Å². The van der Waals surface area contributed by atoms with E-state index in [4.69, 9.17) is 9.84 Å². The van der Waals surface area contributed by atoms with E-state index in [1.54, 1.807) is 0 Å². The minimum atomic E-state index is -0.448. The number of aliphatic hydroxyl groups excluding tert-OH is 1. The van der Waals surface area contributed by atoms with Crippen LogP contribution < -0.4 is 5.32 Å². The second-order valence-electron chi connectivity index (χ2n) is 5.76. The molecule has 0 aromatic rings. The number of hydrogen-bond acceptors (Lipinski definition) is 5. The average molecular weight is 258 g/mol. The monoisotopic (exact) mass is 258 g/mol. The molecule has 1 aliphatic rings. The fourth-order valence-electron chi connectivity index (χ4n) is 2.23. The van der Waals surface area contributed by atoms with E-state index < -0.39 is 5.60 Å². The fourth-order valence-corrected chi connectivity index (χ4v) is 2.23. The maximum Gasteiger partial charge on any atom is 0.320 e. The van der Waals surface area contributed by atoms with Crippen LogP contribution in [0.1, 0.15) is 33.6 Å². The summed E-state index contributed by atoms with van der Waals surface area (Å²) in [5, 5.41) is 12.4. The molecule has 0 aliphatic carbocycles. The first-order valence-electron chi connectivity index (χ1n) is 6.70. The SMILES string of the molecule is CC(C)(C)OC(=O)CN(CCO)C1CCNCC1. The fraction of sp³-hybridized carbons (Fsp3) is 0.923. The van der Waals surface area contributed by atoms with Crippen molar-refractivity contribution in [2.75, 3.05) is 32.8 Å². The number of hydrogen-bond donors (Lipinski definition) is 2. The Morgan fingerprint density at radius 1 is 1.39 bits per heavy atom. The van der Waals surface area contributed by atoms with Gasteiger partial charge >= 0.3 is 5.97 Å². The Morgan fingerprint density at radius 2 is 2.00 bits per heavy atom. The summed E-state index contributed by atoms with van der Waals surface area (Å²) >= 11 is 0. The molecule has 1 fully saturated rings. The predicted molar refractivity (Wildman–Crippen MR) is 70.4 cm³/mol. The molecule has 1 saturated heterocycles. The predicted octanol–water partition coefficient (Wildman–Crippen LogP) is 0.374. The van der Waals surface area contributed by atoms with E-state index in [1.165, 1.54) is 0 Å². The number of piperidine rings is 1. The van der Waals surface area contributed by atoms with E-state index in [9.17, 15) is 4.79 Å². The van der Waals surface area contributed by atoms with E-state index in [-0.39, 0.29) is 19.1 Å². The Balaban J connectivity index is 2.48. The van der Waals surface area contributed by atoms with Crippen LogP contribution in [0.25, 0.3) is 0 Å². The van der Waals surface area contributed by atoms with Crippen molar-refractivity contribution in [3.05, 3.63) is 0 Å². The second kappa shape index (κ2) is 7.07. The summed E-state index contributed by atoms with van der Waals surface area (Å²) in [5.41, 5.74) is -0.448. The van der Waals surface area contributed by atoms with Gasteiger partial charge in [0.1, 0.15) is 5.60 Å². The van der Waals surface area contributed by atoms with Gasteiger partial charge in [-0.1, -0.05) is 0 Å². The van der Waals surface area contributed by atoms with Crippen molar-refractivity contribution in [1.82, 2.24) is 10.2 Å². The molecule has 1 aliphatic heterocycles. The van der Waals surface area contributed by atoms with Crippen LogP contribution in [0, 0.1) is 0 Å². The summed E-state index contributed by atoms with van der Waals surface area (Å²) in [7, 11) is 0. The van der Waals surface area contributed by atoms with Crippen LogP contribution in [0.2, 0.25) is 0 Å². The topological polar surface area (TPSA) is 61.8 Å². The van der Waals surface area contributed by atoms with Crippen LogP contribution in [0.3, 0.4) is 0 Å². The van der Waals surface area contributed by atoms with Crippen molar-refractivity contribution in [2.45, 2.75) is 45.3 Å². The van der Waals surface area contributed by atoms with Gasteiger partial charge in [0, 0.05) is 12.6 Å². The van der Waals surface area contributed by atoms with Crippen LogP contribution >= 0.6 is 0 Å². The molecular formula is C13H26N2O3. The largest absolute Gasteiger partial charge is 0.459 e. The average Bonchev–Trinajstić information content (AvgIpc) is 2.27. The molecule has 18 heavy (non-hydrogen) atoms. The summed E-state index contributed by atoms with van der Waals surface area (Å²) in [6, 6.07) is 0.367. The highest BCUT2D eigenvalue weighted by atomic mass is 16.6. The van der Waals surface area contributed by atoms with E-state index in [0.717, 1.165) is 25.9 Å². The minimum absolute atomic E-state index is 0.0761. The molecular weight excluding hydrogens is 232 g/mol. The number of nitrogens with one attached hydrogen (secondary N) is 1. The molecule has 0 amide bonds. The standard InChI is InChI=1S/C13H26N2O3/c1-13(2,3)18-12(17)10-15(8-9-16)11-4-6-14-7-5-11/h11,14,16H,4-10H2,1-3H3. The van der Waals surface area contributed by atoms with E-state index in [1.807, 2.05) is 25.7 Å². The molecule has 0 bridgehead atoms. The highest BCUT2D eigenvalue weighted by molar-refractivity contribution is 5.72. The van der Waals surface area contributed by atoms with Crippen LogP contribution in [-0.2, 0) is 9.53 Å². The summed E-state index contributed by atoms with van der Waals surface area (Å²) < 4.78 is 5.33. The van der Waals surface area contributed by atoms with Crippen LogP contribution in [0.5, 0.6) is 0 Å². The molecule has 0 unspecified atom stereocenters. The lowest BCUT2D eigenvalue weighted by Gasteiger charge is -2.34. The molecule has 2 N–H and O–H groups in total. The molecule has 0 aromatic heterocycles. The number of esters is 1. The number of carbonyl (C=O) groups is 1. The summed E-state index contributed by atoms with van der Waals surface area (Å²) in [4.78, 5) is 13.9. The van der Waals surface area contributed by atoms with Gasteiger partial charge in [0.15, 0.2) is 0 Å². The summed E-state index contributed by atoms with van der Waals surface area (Å²) in [6.07, 6.45) is 2.03. The summed E-state index contributed by atoms with van der Waals surface area (Å²) in [6.45, 7) is 8.42. The molecule has 5 nitrogen and oxygen atoms in total. The Morgan fingerprint density at radius 3 is 2.50 bits per heavy atom. The number of ether oxygens (including phenoxy) is 1. The number of aliphatic hydroxyl groups is 1. The van der Waals surface area contributed by atoms with Gasteiger partial charge in [-0.05, 0) is 46.7 Å². The lowest BCUT2D eigenvalue weighted by Crippen LogP contribution is -2.47. The maximum absolute atomic E-state index is 11.8. The molecule has 106 valence electrons. The minimum Gasteiger partial charge on any atom is -0.459 e. The molecule has 0 radical (unpaired) electrons. The molecule has 0 spiro atoms. The molecule has 5 heteroatoms. The highest BCUT2D eigenvalue weighted by Gasteiger charge is 2.25. The van der Waals surface area contributed by atoms with Gasteiger partial charge in [0.25, 0.3) is 0 Å². The van der Waals surface area contributed by atoms with E-state index in [2.05, 4.69) is 5.32 Å². The number of rotatable bonds is 5. The van der Waals surface area contributed by atoms with Gasteiger partial charge in [0.2, 0.25) is 0 Å². The quantitative estimate of drug-likeness (QED) is 0.698. The first kappa shape index (κ1) is 15.4. The zero-order chi connectivity index (χ0) is 13.6. The normalized spacial score (nSPS) is 18.1. The van der Waals surface area contributed by atoms with Crippen molar-refractivity contribution < 1.29 is 14.6 Å². The Bertz CT molecular complexity index is 257. The van der Waals surface area contributed by atoms with Crippen LogP contribution in [0.4, 0.5) is 0 Å². The van der Waals surface area contributed by atoms with Crippen molar-refractivity contribution in [3.8, 4) is 0 Å². The third-order valence-electron chi connectivity index (χ3n) is 2.96. The number of nitrogens with zero attached hydrogens (tertiary/aromatic N) is 1. The van der Waals surface area contributed by atoms with Crippen molar-refractivity contribution in [3.63, 3.8) is 0 Å². The third kappa shape index (κ3) is 5.80. The smallest absolute Gasteiger partial charge is 0.320 e. The zero-order valence-electron chi connectivity index (χ0n) is 11.7. The molecule has 0 saturated carbocycles. The van der Waals surface area contributed by atoms with Gasteiger partial charge in [0.05, 0.1) is 13.2 Å². The van der Waals surface area contributed by atoms with Gasteiger partial charge < -0.3 is 15.2 Å². The van der Waals surface area contributed by atoms with Gasteiger partial charge in [-0.2, -0.15) is 0 Å². The first-order chi connectivity index (χ1) is 8.42. The Hall–Kier alpha value is -0.650. The maximum atomic E-state index is 11.8. The molecule has 1 heterocycles. The van der Waals surface area contributed by atoms with Crippen molar-refractivity contribution in [1.29, 1.82) is 0 Å². The molecule has 0 atom stereocenters. The third-order valence-corrected chi connectivity index (χ3v) is 2.96. The van der Waals surface area contributed by atoms with E-state index in [0.29, 0.717) is 12.6 Å². The van der Waals surface area contributed by atoms with Crippen LogP contribution in [0.15, 0.2) is 0 Å². The zero-order valence-corrected chi connectivity index (χ0v) is 11.7. The second-order valence-corrected chi connectivity index (χ2v) is 5.76. The lowest BCUT2D eigenvalue weighted by molar-refractivity contribution is -0.157. The van der Waals surface area contributed by atoms with Crippen LogP contribution in [-0.4, -0.2) is 60.4 Å². The van der Waals surface area contributed by atoms with Gasteiger partial charge in [-0.25, -0.2) is 0 Å². The molecule has 0 aromatic carbocycles. The van der Waals surface area contributed by atoms with Crippen molar-refractivity contribution >= 4 is 5.97 Å². The van der Waals surface area contributed by atoms with E-state index >= 15 is 0 Å². The van der Waals surface area contributed by atoms with Crippen molar-refractivity contribution in [2.24, 2.45) is 0 Å².